The van der Waals surface area contributed by atoms with Crippen molar-refractivity contribution in [2.45, 2.75) is 37.9 Å². The molecule has 0 saturated heterocycles. The number of hydrogen-bond acceptors (Lipinski definition) is 4. The summed E-state index contributed by atoms with van der Waals surface area (Å²) in [6.07, 6.45) is 0. The average Bonchev–Trinajstić information content (AvgIpc) is 3.20. The van der Waals surface area contributed by atoms with Crippen molar-refractivity contribution in [3.05, 3.63) is 101 Å². The first-order chi connectivity index (χ1) is 15.8. The van der Waals surface area contributed by atoms with Gasteiger partial charge in [0.15, 0.2) is 16.8 Å². The highest BCUT2D eigenvalue weighted by atomic mass is 32.2. The van der Waals surface area contributed by atoms with Crippen LogP contribution in [-0.4, -0.2) is 26.3 Å². The summed E-state index contributed by atoms with van der Waals surface area (Å²) in [6.45, 7) is 7.16. The first-order valence-electron chi connectivity index (χ1n) is 10.8. The molecule has 1 heterocycles. The van der Waals surface area contributed by atoms with Gasteiger partial charge >= 0.3 is 0 Å². The number of thioether (sulfide) groups is 1. The Bertz CT molecular complexity index is 1230. The summed E-state index contributed by atoms with van der Waals surface area (Å²) in [5.74, 6) is 0.520. The van der Waals surface area contributed by atoms with Gasteiger partial charge in [0.2, 0.25) is 0 Å². The first kappa shape index (κ1) is 22.9. The first-order valence-corrected chi connectivity index (χ1v) is 11.8. The lowest BCUT2D eigenvalue weighted by molar-refractivity contribution is 0.102. The smallest absolute Gasteiger partial charge is 0.192 e. The molecule has 33 heavy (non-hydrogen) atoms. The molecule has 0 aliphatic heterocycles. The minimum Gasteiger partial charge on any atom is -0.298 e. The maximum Gasteiger partial charge on any atom is 0.192 e. The van der Waals surface area contributed by atoms with Crippen LogP contribution in [0.4, 0.5) is 4.39 Å². The van der Waals surface area contributed by atoms with Crippen molar-refractivity contribution in [2.24, 2.45) is 0 Å². The quantitative estimate of drug-likeness (QED) is 0.237. The number of Topliss-reactive ketones (excluding diaryl/α,β-unsaturated/α-hetero) is 1. The van der Waals surface area contributed by atoms with Crippen LogP contribution in [0, 0.1) is 5.82 Å². The van der Waals surface area contributed by atoms with Crippen LogP contribution in [-0.2, 0) is 12.0 Å². The summed E-state index contributed by atoms with van der Waals surface area (Å²) in [7, 11) is 0. The number of rotatable bonds is 7. The SMILES string of the molecule is CC(C)(C)c1ccc(-c2nnc(SCC(=O)c3ccc(F)cc3)n2Cc2ccccc2)cc1. The van der Waals surface area contributed by atoms with Crippen molar-refractivity contribution >= 4 is 17.5 Å². The van der Waals surface area contributed by atoms with E-state index in [1.54, 1.807) is 0 Å². The largest absolute Gasteiger partial charge is 0.298 e. The molecule has 0 saturated carbocycles. The van der Waals surface area contributed by atoms with E-state index in [0.717, 1.165) is 17.0 Å². The molecule has 4 aromatic rings. The van der Waals surface area contributed by atoms with Gasteiger partial charge in [-0.05, 0) is 40.8 Å². The van der Waals surface area contributed by atoms with Gasteiger partial charge in [0, 0.05) is 11.1 Å². The van der Waals surface area contributed by atoms with Crippen LogP contribution in [0.1, 0.15) is 42.3 Å². The van der Waals surface area contributed by atoms with Crippen LogP contribution in [0.2, 0.25) is 0 Å². The number of ketones is 1. The van der Waals surface area contributed by atoms with Crippen LogP contribution in [0.15, 0.2) is 84.0 Å². The Kier molecular flexibility index (Phi) is 6.75. The highest BCUT2D eigenvalue weighted by Crippen LogP contribution is 2.28. The summed E-state index contributed by atoms with van der Waals surface area (Å²) in [6, 6.07) is 24.1. The summed E-state index contributed by atoms with van der Waals surface area (Å²) < 4.78 is 15.2. The van der Waals surface area contributed by atoms with E-state index in [2.05, 4.69) is 67.4 Å². The van der Waals surface area contributed by atoms with Crippen molar-refractivity contribution in [3.63, 3.8) is 0 Å². The number of carbonyl (C=O) groups excluding carboxylic acids is 1. The molecule has 0 unspecified atom stereocenters. The summed E-state index contributed by atoms with van der Waals surface area (Å²) >= 11 is 1.34. The van der Waals surface area contributed by atoms with E-state index in [4.69, 9.17) is 0 Å². The van der Waals surface area contributed by atoms with Gasteiger partial charge in [0.1, 0.15) is 5.82 Å². The Hall–Kier alpha value is -3.25. The van der Waals surface area contributed by atoms with Gasteiger partial charge in [-0.3, -0.25) is 9.36 Å². The molecule has 0 amide bonds. The van der Waals surface area contributed by atoms with Gasteiger partial charge in [0.05, 0.1) is 12.3 Å². The van der Waals surface area contributed by atoms with Gasteiger partial charge in [0.25, 0.3) is 0 Å². The van der Waals surface area contributed by atoms with E-state index in [0.29, 0.717) is 17.3 Å². The fourth-order valence-corrected chi connectivity index (χ4v) is 4.32. The Balaban J connectivity index is 1.62. The number of hydrogen-bond donors (Lipinski definition) is 0. The second-order valence-corrected chi connectivity index (χ2v) is 9.87. The van der Waals surface area contributed by atoms with E-state index in [1.165, 1.54) is 41.6 Å². The van der Waals surface area contributed by atoms with Crippen LogP contribution in [0.3, 0.4) is 0 Å². The molecule has 0 radical (unpaired) electrons. The zero-order chi connectivity index (χ0) is 23.4. The molecule has 1 aromatic heterocycles. The standard InChI is InChI=1S/C27H26FN3OS/c1-27(2,3)22-13-9-21(10-14-22)25-29-30-26(31(25)17-19-7-5-4-6-8-19)33-18-24(32)20-11-15-23(28)16-12-20/h4-16H,17-18H2,1-3H3. The molecule has 0 aliphatic carbocycles. The Morgan fingerprint density at radius 2 is 1.58 bits per heavy atom. The number of nitrogens with zero attached hydrogens (tertiary/aromatic N) is 3. The molecule has 0 bridgehead atoms. The van der Waals surface area contributed by atoms with E-state index in [-0.39, 0.29) is 22.8 Å². The number of halogens is 1. The van der Waals surface area contributed by atoms with Gasteiger partial charge < -0.3 is 0 Å². The van der Waals surface area contributed by atoms with Crippen molar-refractivity contribution in [2.75, 3.05) is 5.75 Å². The van der Waals surface area contributed by atoms with Gasteiger partial charge in [-0.25, -0.2) is 4.39 Å². The van der Waals surface area contributed by atoms with Crippen molar-refractivity contribution in [3.8, 4) is 11.4 Å². The second-order valence-electron chi connectivity index (χ2n) is 8.92. The Morgan fingerprint density at radius 3 is 2.21 bits per heavy atom. The minimum absolute atomic E-state index is 0.0674. The molecule has 0 aliphatic rings. The van der Waals surface area contributed by atoms with E-state index >= 15 is 0 Å². The summed E-state index contributed by atoms with van der Waals surface area (Å²) in [4.78, 5) is 12.6. The van der Waals surface area contributed by atoms with Crippen molar-refractivity contribution in [1.82, 2.24) is 14.8 Å². The molecular formula is C27H26FN3OS. The molecule has 6 heteroatoms. The van der Waals surface area contributed by atoms with Gasteiger partial charge in [-0.2, -0.15) is 0 Å². The third-order valence-corrected chi connectivity index (χ3v) is 6.37. The zero-order valence-electron chi connectivity index (χ0n) is 19.0. The second kappa shape index (κ2) is 9.71. The zero-order valence-corrected chi connectivity index (χ0v) is 19.8. The normalized spacial score (nSPS) is 11.5. The lowest BCUT2D eigenvalue weighted by Crippen LogP contribution is -2.10. The maximum absolute atomic E-state index is 13.2. The van der Waals surface area contributed by atoms with Crippen molar-refractivity contribution < 1.29 is 9.18 Å². The molecular weight excluding hydrogens is 433 g/mol. The van der Waals surface area contributed by atoms with E-state index in [1.807, 2.05) is 22.8 Å². The third kappa shape index (κ3) is 5.57. The number of benzene rings is 3. The summed E-state index contributed by atoms with van der Waals surface area (Å²) in [5.41, 5.74) is 3.90. The summed E-state index contributed by atoms with van der Waals surface area (Å²) in [5, 5.41) is 9.54. The Labute approximate surface area is 197 Å². The predicted molar refractivity (Wildman–Crippen MR) is 131 cm³/mol. The number of aromatic nitrogens is 3. The lowest BCUT2D eigenvalue weighted by atomic mass is 9.87. The highest BCUT2D eigenvalue weighted by molar-refractivity contribution is 7.99. The molecule has 4 rings (SSSR count). The molecule has 3 aromatic carbocycles. The fraction of sp³-hybridized carbons (Fsp3) is 0.222. The molecule has 168 valence electrons. The van der Waals surface area contributed by atoms with E-state index in [9.17, 15) is 9.18 Å². The Morgan fingerprint density at radius 1 is 0.909 bits per heavy atom. The topological polar surface area (TPSA) is 47.8 Å². The third-order valence-electron chi connectivity index (χ3n) is 5.41. The van der Waals surface area contributed by atoms with Crippen molar-refractivity contribution in [1.29, 1.82) is 0 Å². The monoisotopic (exact) mass is 459 g/mol. The van der Waals surface area contributed by atoms with Gasteiger partial charge in [-0.15, -0.1) is 10.2 Å². The van der Waals surface area contributed by atoms with Crippen LogP contribution >= 0.6 is 11.8 Å². The fourth-order valence-electron chi connectivity index (χ4n) is 3.49. The molecule has 0 atom stereocenters. The average molecular weight is 460 g/mol. The molecule has 0 fully saturated rings. The lowest BCUT2D eigenvalue weighted by Gasteiger charge is -2.19. The van der Waals surface area contributed by atoms with Crippen LogP contribution in [0.5, 0.6) is 0 Å². The minimum atomic E-state index is -0.357. The van der Waals surface area contributed by atoms with Gasteiger partial charge in [-0.1, -0.05) is 87.1 Å². The highest BCUT2D eigenvalue weighted by Gasteiger charge is 2.18. The molecule has 0 N–H and O–H groups in total. The van der Waals surface area contributed by atoms with E-state index < -0.39 is 0 Å². The number of carbonyl (C=O) groups is 1. The molecule has 0 spiro atoms. The van der Waals surface area contributed by atoms with Crippen LogP contribution < -0.4 is 0 Å². The molecule has 4 nitrogen and oxygen atoms in total. The van der Waals surface area contributed by atoms with Crippen LogP contribution in [0.25, 0.3) is 11.4 Å². The maximum atomic E-state index is 13.2. The predicted octanol–water partition coefficient (Wildman–Crippen LogP) is 6.41.